The Labute approximate surface area is 120 Å². The van der Waals surface area contributed by atoms with E-state index in [4.69, 9.17) is 5.26 Å². The maximum atomic E-state index is 12.5. The first kappa shape index (κ1) is 14.5. The van der Waals surface area contributed by atoms with Crippen molar-refractivity contribution in [2.75, 3.05) is 19.6 Å². The van der Waals surface area contributed by atoms with Crippen molar-refractivity contribution in [3.8, 4) is 6.07 Å². The van der Waals surface area contributed by atoms with Crippen molar-refractivity contribution in [3.05, 3.63) is 35.4 Å². The number of hydrogen-bond donors (Lipinski definition) is 1. The highest BCUT2D eigenvalue weighted by molar-refractivity contribution is 5.94. The van der Waals surface area contributed by atoms with Crippen LogP contribution in [0, 0.1) is 11.3 Å². The summed E-state index contributed by atoms with van der Waals surface area (Å²) < 4.78 is 0. The van der Waals surface area contributed by atoms with Crippen molar-refractivity contribution < 1.29 is 4.79 Å². The molecule has 1 saturated heterocycles. The highest BCUT2D eigenvalue weighted by Crippen LogP contribution is 2.12. The van der Waals surface area contributed by atoms with Crippen LogP contribution >= 0.6 is 0 Å². The molecule has 1 atom stereocenters. The predicted molar refractivity (Wildman–Crippen MR) is 78.4 cm³/mol. The second-order valence-electron chi connectivity index (χ2n) is 5.23. The van der Waals surface area contributed by atoms with Gasteiger partial charge in [0.2, 0.25) is 0 Å². The van der Waals surface area contributed by atoms with Gasteiger partial charge in [-0.15, -0.1) is 0 Å². The lowest BCUT2D eigenvalue weighted by Gasteiger charge is -2.25. The van der Waals surface area contributed by atoms with E-state index in [1.807, 2.05) is 4.90 Å². The largest absolute Gasteiger partial charge is 0.337 e. The van der Waals surface area contributed by atoms with Crippen LogP contribution in [0.3, 0.4) is 0 Å². The SMILES string of the molecule is CCCN(CC1CCCN1)C(=O)c1ccc(C#N)cc1. The molecule has 1 aliphatic rings. The van der Waals surface area contributed by atoms with Gasteiger partial charge in [0.1, 0.15) is 0 Å². The van der Waals surface area contributed by atoms with Crippen LogP contribution in [0.1, 0.15) is 42.1 Å². The average molecular weight is 271 g/mol. The highest BCUT2D eigenvalue weighted by Gasteiger charge is 2.21. The summed E-state index contributed by atoms with van der Waals surface area (Å²) in [5.41, 5.74) is 1.25. The monoisotopic (exact) mass is 271 g/mol. The van der Waals surface area contributed by atoms with Gasteiger partial charge in [0, 0.05) is 24.7 Å². The molecule has 0 aromatic heterocycles. The van der Waals surface area contributed by atoms with Gasteiger partial charge in [0.15, 0.2) is 0 Å². The molecule has 1 aromatic rings. The van der Waals surface area contributed by atoms with Gasteiger partial charge in [-0.05, 0) is 50.1 Å². The molecule has 20 heavy (non-hydrogen) atoms. The fourth-order valence-electron chi connectivity index (χ4n) is 2.59. The zero-order valence-corrected chi connectivity index (χ0v) is 11.9. The smallest absolute Gasteiger partial charge is 0.253 e. The van der Waals surface area contributed by atoms with Crippen LogP contribution in [-0.2, 0) is 0 Å². The Bertz CT molecular complexity index is 483. The first-order valence-electron chi connectivity index (χ1n) is 7.27. The van der Waals surface area contributed by atoms with E-state index in [0.717, 1.165) is 32.5 Å². The van der Waals surface area contributed by atoms with E-state index in [9.17, 15) is 4.79 Å². The van der Waals surface area contributed by atoms with Crippen LogP contribution in [0.2, 0.25) is 0 Å². The number of rotatable bonds is 5. The molecule has 2 rings (SSSR count). The van der Waals surface area contributed by atoms with Crippen LogP contribution in [0.4, 0.5) is 0 Å². The summed E-state index contributed by atoms with van der Waals surface area (Å²) in [7, 11) is 0. The van der Waals surface area contributed by atoms with Crippen LogP contribution in [0.15, 0.2) is 24.3 Å². The molecular weight excluding hydrogens is 250 g/mol. The quantitative estimate of drug-likeness (QED) is 0.893. The fraction of sp³-hybridized carbons (Fsp3) is 0.500. The Kier molecular flexibility index (Phi) is 5.14. The normalized spacial score (nSPS) is 17.7. The Hall–Kier alpha value is -1.86. The minimum atomic E-state index is 0.0602. The number of carbonyl (C=O) groups is 1. The van der Waals surface area contributed by atoms with Crippen LogP contribution < -0.4 is 5.32 Å². The molecule has 0 radical (unpaired) electrons. The molecule has 0 aliphatic carbocycles. The molecule has 1 unspecified atom stereocenters. The van der Waals surface area contributed by atoms with Crippen molar-refractivity contribution in [1.82, 2.24) is 10.2 Å². The molecule has 0 bridgehead atoms. The lowest BCUT2D eigenvalue weighted by Crippen LogP contribution is -2.41. The van der Waals surface area contributed by atoms with Gasteiger partial charge in [-0.25, -0.2) is 0 Å². The summed E-state index contributed by atoms with van der Waals surface area (Å²) >= 11 is 0. The Balaban J connectivity index is 2.06. The lowest BCUT2D eigenvalue weighted by atomic mass is 10.1. The van der Waals surface area contributed by atoms with Gasteiger partial charge < -0.3 is 10.2 Å². The van der Waals surface area contributed by atoms with Gasteiger partial charge in [-0.1, -0.05) is 6.92 Å². The van der Waals surface area contributed by atoms with Gasteiger partial charge >= 0.3 is 0 Å². The number of nitriles is 1. The summed E-state index contributed by atoms with van der Waals surface area (Å²) in [6.45, 7) is 4.68. The van der Waals surface area contributed by atoms with E-state index in [0.29, 0.717) is 17.2 Å². The van der Waals surface area contributed by atoms with E-state index in [1.165, 1.54) is 6.42 Å². The molecule has 1 aliphatic heterocycles. The molecule has 1 N–H and O–H groups in total. The lowest BCUT2D eigenvalue weighted by molar-refractivity contribution is 0.0742. The van der Waals surface area contributed by atoms with Crippen molar-refractivity contribution in [3.63, 3.8) is 0 Å². The Morgan fingerprint density at radius 2 is 2.20 bits per heavy atom. The summed E-state index contributed by atoms with van der Waals surface area (Å²) in [5, 5.41) is 12.2. The first-order chi connectivity index (χ1) is 9.74. The molecule has 4 heteroatoms. The number of amides is 1. The van der Waals surface area contributed by atoms with E-state index < -0.39 is 0 Å². The molecule has 0 spiro atoms. The molecule has 1 fully saturated rings. The number of carbonyl (C=O) groups excluding carboxylic acids is 1. The molecule has 1 aromatic carbocycles. The third-order valence-corrected chi connectivity index (χ3v) is 3.64. The summed E-state index contributed by atoms with van der Waals surface area (Å²) in [5.74, 6) is 0.0602. The van der Waals surface area contributed by atoms with E-state index >= 15 is 0 Å². The van der Waals surface area contributed by atoms with Gasteiger partial charge in [0.25, 0.3) is 5.91 Å². The highest BCUT2D eigenvalue weighted by atomic mass is 16.2. The second kappa shape index (κ2) is 7.06. The van der Waals surface area contributed by atoms with E-state index in [-0.39, 0.29) is 5.91 Å². The van der Waals surface area contributed by atoms with Crippen molar-refractivity contribution in [2.45, 2.75) is 32.2 Å². The van der Waals surface area contributed by atoms with Crippen molar-refractivity contribution in [1.29, 1.82) is 5.26 Å². The molecule has 0 saturated carbocycles. The maximum Gasteiger partial charge on any atom is 0.253 e. The number of nitrogens with one attached hydrogen (secondary N) is 1. The Morgan fingerprint density at radius 3 is 2.75 bits per heavy atom. The molecule has 106 valence electrons. The fourth-order valence-corrected chi connectivity index (χ4v) is 2.59. The minimum absolute atomic E-state index is 0.0602. The molecule has 1 amide bonds. The minimum Gasteiger partial charge on any atom is -0.337 e. The summed E-state index contributed by atoms with van der Waals surface area (Å²) in [6.07, 6.45) is 3.28. The van der Waals surface area contributed by atoms with Gasteiger partial charge in [-0.3, -0.25) is 4.79 Å². The van der Waals surface area contributed by atoms with E-state index in [2.05, 4.69) is 18.3 Å². The third-order valence-electron chi connectivity index (χ3n) is 3.64. The van der Waals surface area contributed by atoms with Crippen molar-refractivity contribution >= 4 is 5.91 Å². The zero-order valence-electron chi connectivity index (χ0n) is 11.9. The molecular formula is C16H21N3O. The number of nitrogens with zero attached hydrogens (tertiary/aromatic N) is 2. The zero-order chi connectivity index (χ0) is 14.4. The predicted octanol–water partition coefficient (Wildman–Crippen LogP) is 2.16. The summed E-state index contributed by atoms with van der Waals surface area (Å²) in [6, 6.07) is 9.37. The van der Waals surface area contributed by atoms with Crippen LogP contribution in [0.25, 0.3) is 0 Å². The third kappa shape index (κ3) is 3.58. The second-order valence-corrected chi connectivity index (χ2v) is 5.23. The molecule has 4 nitrogen and oxygen atoms in total. The van der Waals surface area contributed by atoms with Crippen LogP contribution in [0.5, 0.6) is 0 Å². The average Bonchev–Trinajstić information content (AvgIpc) is 2.99. The number of hydrogen-bond acceptors (Lipinski definition) is 3. The van der Waals surface area contributed by atoms with E-state index in [1.54, 1.807) is 24.3 Å². The number of benzene rings is 1. The first-order valence-corrected chi connectivity index (χ1v) is 7.27. The molecule has 1 heterocycles. The summed E-state index contributed by atoms with van der Waals surface area (Å²) in [4.78, 5) is 14.5. The van der Waals surface area contributed by atoms with Gasteiger partial charge in [-0.2, -0.15) is 5.26 Å². The topological polar surface area (TPSA) is 56.1 Å². The maximum absolute atomic E-state index is 12.5. The standard InChI is InChI=1S/C16H21N3O/c1-2-10-19(12-15-4-3-9-18-15)16(20)14-7-5-13(11-17)6-8-14/h5-8,15,18H,2-4,9-10,12H2,1H3. The Morgan fingerprint density at radius 1 is 1.45 bits per heavy atom. The van der Waals surface area contributed by atoms with Crippen molar-refractivity contribution in [2.24, 2.45) is 0 Å². The van der Waals surface area contributed by atoms with Crippen LogP contribution in [-0.4, -0.2) is 36.5 Å². The van der Waals surface area contributed by atoms with Gasteiger partial charge in [0.05, 0.1) is 11.6 Å².